The van der Waals surface area contributed by atoms with Crippen LogP contribution < -0.4 is 14.8 Å². The van der Waals surface area contributed by atoms with Gasteiger partial charge in [-0.3, -0.25) is 10.1 Å². The molecule has 0 radical (unpaired) electrons. The number of nitrogens with zero attached hydrogens (tertiary/aromatic N) is 2. The van der Waals surface area contributed by atoms with Crippen molar-refractivity contribution in [3.8, 4) is 23.0 Å². The van der Waals surface area contributed by atoms with Crippen molar-refractivity contribution in [1.29, 1.82) is 0 Å². The van der Waals surface area contributed by atoms with E-state index in [-0.39, 0.29) is 18.4 Å². The zero-order chi connectivity index (χ0) is 17.6. The highest BCUT2D eigenvalue weighted by atomic mass is 35.5. The second-order valence-corrected chi connectivity index (χ2v) is 5.38. The van der Waals surface area contributed by atoms with Gasteiger partial charge in [0, 0.05) is 10.6 Å². The van der Waals surface area contributed by atoms with E-state index in [0.717, 1.165) is 0 Å². The minimum Gasteiger partial charge on any atom is -0.497 e. The number of ether oxygens (including phenoxy) is 2. The van der Waals surface area contributed by atoms with E-state index < -0.39 is 5.91 Å². The van der Waals surface area contributed by atoms with Crippen LogP contribution in [0.2, 0.25) is 5.02 Å². The van der Waals surface area contributed by atoms with Crippen LogP contribution in [0.3, 0.4) is 0 Å². The van der Waals surface area contributed by atoms with Gasteiger partial charge < -0.3 is 14.0 Å². The fourth-order valence-electron chi connectivity index (χ4n) is 1.97. The highest BCUT2D eigenvalue weighted by Crippen LogP contribution is 2.21. The van der Waals surface area contributed by atoms with Crippen LogP contribution in [0.25, 0.3) is 11.5 Å². The van der Waals surface area contributed by atoms with E-state index >= 15 is 0 Å². The second-order valence-electron chi connectivity index (χ2n) is 4.94. The van der Waals surface area contributed by atoms with Gasteiger partial charge in [-0.15, -0.1) is 0 Å². The third-order valence-electron chi connectivity index (χ3n) is 3.20. The Kier molecular flexibility index (Phi) is 5.15. The maximum Gasteiger partial charge on any atom is 0.270 e. The average molecular weight is 360 g/mol. The molecule has 0 aliphatic carbocycles. The van der Waals surface area contributed by atoms with Gasteiger partial charge in [0.2, 0.25) is 0 Å². The van der Waals surface area contributed by atoms with Crippen molar-refractivity contribution >= 4 is 23.5 Å². The van der Waals surface area contributed by atoms with Crippen LogP contribution in [0.15, 0.2) is 53.1 Å². The zero-order valence-electron chi connectivity index (χ0n) is 13.2. The van der Waals surface area contributed by atoms with E-state index in [1.165, 1.54) is 0 Å². The summed E-state index contributed by atoms with van der Waals surface area (Å²) in [6.45, 7) is -0.183. The number of halogens is 1. The Labute approximate surface area is 148 Å². The standard InChI is InChI=1S/C17H14ClN3O4/c1-23-13-6-8-14(9-7-13)24-10-15(22)19-17-20-16(25-21-17)11-2-4-12(18)5-3-11/h2-9H,10H2,1H3,(H,19,21,22). The molecule has 1 aromatic heterocycles. The number of anilines is 1. The van der Waals surface area contributed by atoms with E-state index in [1.54, 1.807) is 55.6 Å². The molecule has 0 saturated carbocycles. The lowest BCUT2D eigenvalue weighted by Crippen LogP contribution is -2.20. The second kappa shape index (κ2) is 7.67. The monoisotopic (exact) mass is 359 g/mol. The van der Waals surface area contributed by atoms with Gasteiger partial charge in [0.05, 0.1) is 7.11 Å². The molecule has 0 bridgehead atoms. The van der Waals surface area contributed by atoms with Crippen molar-refractivity contribution in [2.24, 2.45) is 0 Å². The van der Waals surface area contributed by atoms with Gasteiger partial charge >= 0.3 is 0 Å². The average Bonchev–Trinajstić information content (AvgIpc) is 3.09. The van der Waals surface area contributed by atoms with Crippen molar-refractivity contribution < 1.29 is 18.8 Å². The minimum atomic E-state index is -0.403. The first-order valence-electron chi connectivity index (χ1n) is 7.30. The number of hydrogen-bond acceptors (Lipinski definition) is 6. The predicted octanol–water partition coefficient (Wildman–Crippen LogP) is 3.42. The van der Waals surface area contributed by atoms with Crippen LogP contribution in [0, 0.1) is 0 Å². The summed E-state index contributed by atoms with van der Waals surface area (Å²) >= 11 is 5.83. The normalized spacial score (nSPS) is 10.3. The van der Waals surface area contributed by atoms with Gasteiger partial charge in [0.1, 0.15) is 11.5 Å². The highest BCUT2D eigenvalue weighted by Gasteiger charge is 2.12. The Morgan fingerprint density at radius 2 is 1.80 bits per heavy atom. The SMILES string of the molecule is COc1ccc(OCC(=O)Nc2noc(-c3ccc(Cl)cc3)n2)cc1. The molecule has 2 aromatic carbocycles. The number of carbonyl (C=O) groups excluding carboxylic acids is 1. The summed E-state index contributed by atoms with van der Waals surface area (Å²) in [5, 5.41) is 6.82. The number of rotatable bonds is 6. The molecule has 0 aliphatic heterocycles. The number of nitrogens with one attached hydrogen (secondary N) is 1. The van der Waals surface area contributed by atoms with E-state index in [4.69, 9.17) is 25.6 Å². The molecule has 0 aliphatic rings. The lowest BCUT2D eigenvalue weighted by atomic mass is 10.2. The summed E-state index contributed by atoms with van der Waals surface area (Å²) < 4.78 is 15.5. The summed E-state index contributed by atoms with van der Waals surface area (Å²) in [5.74, 6) is 1.19. The topological polar surface area (TPSA) is 86.5 Å². The zero-order valence-corrected chi connectivity index (χ0v) is 14.0. The molecular formula is C17H14ClN3O4. The molecule has 128 valence electrons. The quantitative estimate of drug-likeness (QED) is 0.725. The summed E-state index contributed by atoms with van der Waals surface area (Å²) in [6.07, 6.45) is 0. The van der Waals surface area contributed by atoms with Crippen molar-refractivity contribution in [2.75, 3.05) is 19.0 Å². The molecule has 3 aromatic rings. The van der Waals surface area contributed by atoms with Crippen molar-refractivity contribution in [2.45, 2.75) is 0 Å². The molecule has 7 nitrogen and oxygen atoms in total. The Bertz CT molecular complexity index is 847. The Hall–Kier alpha value is -3.06. The molecule has 3 rings (SSSR count). The number of benzene rings is 2. The Balaban J connectivity index is 1.55. The molecule has 1 amide bonds. The fourth-order valence-corrected chi connectivity index (χ4v) is 2.09. The molecular weight excluding hydrogens is 346 g/mol. The van der Waals surface area contributed by atoms with Crippen molar-refractivity contribution in [3.63, 3.8) is 0 Å². The van der Waals surface area contributed by atoms with Crippen molar-refractivity contribution in [1.82, 2.24) is 10.1 Å². The van der Waals surface area contributed by atoms with Crippen molar-refractivity contribution in [3.05, 3.63) is 53.6 Å². The highest BCUT2D eigenvalue weighted by molar-refractivity contribution is 6.30. The van der Waals surface area contributed by atoms with Crippen LogP contribution in [0.5, 0.6) is 11.5 Å². The first kappa shape index (κ1) is 16.8. The first-order chi connectivity index (χ1) is 12.1. The van der Waals surface area contributed by atoms with Crippen LogP contribution in [-0.4, -0.2) is 29.8 Å². The van der Waals surface area contributed by atoms with Gasteiger partial charge in [0.25, 0.3) is 17.7 Å². The number of hydrogen-bond donors (Lipinski definition) is 1. The van der Waals surface area contributed by atoms with E-state index in [0.29, 0.717) is 22.1 Å². The van der Waals surface area contributed by atoms with E-state index in [1.807, 2.05) is 0 Å². The number of amides is 1. The third kappa shape index (κ3) is 4.48. The van der Waals surface area contributed by atoms with Gasteiger partial charge in [-0.2, -0.15) is 4.98 Å². The molecule has 1 N–H and O–H groups in total. The molecule has 0 atom stereocenters. The molecule has 8 heteroatoms. The van der Waals surface area contributed by atoms with Crippen LogP contribution in [-0.2, 0) is 4.79 Å². The fraction of sp³-hybridized carbons (Fsp3) is 0.118. The smallest absolute Gasteiger partial charge is 0.270 e. The number of carbonyl (C=O) groups is 1. The van der Waals surface area contributed by atoms with Gasteiger partial charge in [0.15, 0.2) is 6.61 Å². The lowest BCUT2D eigenvalue weighted by molar-refractivity contribution is -0.118. The van der Waals surface area contributed by atoms with Gasteiger partial charge in [-0.1, -0.05) is 11.6 Å². The maximum absolute atomic E-state index is 11.9. The third-order valence-corrected chi connectivity index (χ3v) is 3.45. The van der Waals surface area contributed by atoms with E-state index in [9.17, 15) is 4.79 Å². The maximum atomic E-state index is 11.9. The minimum absolute atomic E-state index is 0.0632. The molecule has 0 spiro atoms. The first-order valence-corrected chi connectivity index (χ1v) is 7.68. The van der Waals surface area contributed by atoms with Crippen LogP contribution >= 0.6 is 11.6 Å². The van der Waals surface area contributed by atoms with E-state index in [2.05, 4.69) is 15.5 Å². The molecule has 0 unspecified atom stereocenters. The van der Waals surface area contributed by atoms with Crippen LogP contribution in [0.1, 0.15) is 0 Å². The summed E-state index contributed by atoms with van der Waals surface area (Å²) in [7, 11) is 1.58. The lowest BCUT2D eigenvalue weighted by Gasteiger charge is -2.06. The molecule has 1 heterocycles. The Morgan fingerprint density at radius 3 is 2.48 bits per heavy atom. The predicted molar refractivity (Wildman–Crippen MR) is 91.9 cm³/mol. The molecule has 25 heavy (non-hydrogen) atoms. The summed E-state index contributed by atoms with van der Waals surface area (Å²) in [6, 6.07) is 13.8. The summed E-state index contributed by atoms with van der Waals surface area (Å²) in [4.78, 5) is 16.0. The van der Waals surface area contributed by atoms with Gasteiger partial charge in [-0.05, 0) is 53.7 Å². The molecule has 0 fully saturated rings. The Morgan fingerprint density at radius 1 is 1.12 bits per heavy atom. The number of methoxy groups -OCH3 is 1. The van der Waals surface area contributed by atoms with Crippen LogP contribution in [0.4, 0.5) is 5.95 Å². The molecule has 0 saturated heterocycles. The largest absolute Gasteiger partial charge is 0.497 e. The van der Waals surface area contributed by atoms with Gasteiger partial charge in [-0.25, -0.2) is 0 Å². The summed E-state index contributed by atoms with van der Waals surface area (Å²) in [5.41, 5.74) is 0.701. The number of aromatic nitrogens is 2.